The van der Waals surface area contributed by atoms with Gasteiger partial charge >= 0.3 is 6.03 Å². The van der Waals surface area contributed by atoms with Crippen molar-refractivity contribution in [1.29, 1.82) is 0 Å². The van der Waals surface area contributed by atoms with Gasteiger partial charge in [-0.3, -0.25) is 0 Å². The molecule has 4 unspecified atom stereocenters. The number of carbonyl (C=O) groups excluding carboxylic acids is 1. The molecule has 0 spiro atoms. The summed E-state index contributed by atoms with van der Waals surface area (Å²) in [5.74, 6) is 1.58. The second-order valence-electron chi connectivity index (χ2n) is 11.8. The van der Waals surface area contributed by atoms with Crippen molar-refractivity contribution in [3.63, 3.8) is 0 Å². The molecule has 2 fully saturated rings. The number of aliphatic hydroxyl groups excluding tert-OH is 1. The van der Waals surface area contributed by atoms with Crippen molar-refractivity contribution in [2.75, 3.05) is 30.3 Å². The highest BCUT2D eigenvalue weighted by atomic mass is 16.7. The molecule has 0 saturated carbocycles. The minimum Gasteiger partial charge on any atom is -0.457 e. The molecule has 0 aromatic heterocycles. The third-order valence-corrected chi connectivity index (χ3v) is 8.54. The average Bonchev–Trinajstić information content (AvgIpc) is 3.08. The van der Waals surface area contributed by atoms with E-state index in [0.29, 0.717) is 17.1 Å². The van der Waals surface area contributed by atoms with Gasteiger partial charge in [0.15, 0.2) is 6.29 Å². The van der Waals surface area contributed by atoms with Crippen molar-refractivity contribution in [3.8, 4) is 11.5 Å². The Hall–Kier alpha value is -4.21. The monoisotopic (exact) mass is 607 g/mol. The zero-order chi connectivity index (χ0) is 31.0. The predicted octanol–water partition coefficient (Wildman–Crippen LogP) is 7.89. The first-order valence-corrected chi connectivity index (χ1v) is 15.8. The van der Waals surface area contributed by atoms with Gasteiger partial charge < -0.3 is 34.9 Å². The van der Waals surface area contributed by atoms with E-state index >= 15 is 0 Å². The maximum Gasteiger partial charge on any atom is 0.323 e. The highest BCUT2D eigenvalue weighted by molar-refractivity contribution is 5.99. The molecule has 6 rings (SSSR count). The number of benzene rings is 4. The summed E-state index contributed by atoms with van der Waals surface area (Å²) in [5, 5.41) is 15.3. The summed E-state index contributed by atoms with van der Waals surface area (Å²) in [6, 6.07) is 32.0. The first kappa shape index (κ1) is 30.8. The standard InChI is InChI=1S/C37H41N3O5/c1-26-34(24-40-22-6-3-7-23-40)44-36(45-35(26)28-12-10-27(25-41)11-13-28)29-14-16-30(17-15-29)38-37(42)39-31-18-20-33(21-19-31)43-32-8-4-2-5-9-32/h2,4-5,8-21,26,34-36,41H,3,6-7,22-25H2,1H3,(H2,38,39,42). The van der Waals surface area contributed by atoms with Gasteiger partial charge in [-0.2, -0.15) is 0 Å². The molecule has 8 nitrogen and oxygen atoms in total. The molecular formula is C37H41N3O5. The molecule has 0 radical (unpaired) electrons. The lowest BCUT2D eigenvalue weighted by Crippen LogP contribution is -2.45. The topological polar surface area (TPSA) is 92.3 Å². The number of nitrogens with zero attached hydrogens (tertiary/aromatic N) is 1. The fraction of sp³-hybridized carbons (Fsp3) is 0.324. The van der Waals surface area contributed by atoms with Crippen LogP contribution in [-0.2, 0) is 16.1 Å². The first-order chi connectivity index (χ1) is 22.0. The van der Waals surface area contributed by atoms with E-state index in [-0.39, 0.29) is 30.8 Å². The van der Waals surface area contributed by atoms with Crippen LogP contribution in [0.15, 0.2) is 103 Å². The van der Waals surface area contributed by atoms with E-state index in [2.05, 4.69) is 22.5 Å². The number of likely N-dealkylation sites (tertiary alicyclic amines) is 1. The third kappa shape index (κ3) is 8.09. The van der Waals surface area contributed by atoms with Crippen LogP contribution in [0.25, 0.3) is 0 Å². The van der Waals surface area contributed by atoms with Crippen molar-refractivity contribution in [3.05, 3.63) is 120 Å². The lowest BCUT2D eigenvalue weighted by atomic mass is 9.89. The molecule has 45 heavy (non-hydrogen) atoms. The number of hydrogen-bond acceptors (Lipinski definition) is 6. The van der Waals surface area contributed by atoms with Crippen LogP contribution >= 0.6 is 0 Å². The number of amides is 2. The molecule has 2 amide bonds. The van der Waals surface area contributed by atoms with Gasteiger partial charge in [-0.25, -0.2) is 4.79 Å². The zero-order valence-corrected chi connectivity index (χ0v) is 25.6. The highest BCUT2D eigenvalue weighted by Gasteiger charge is 2.39. The average molecular weight is 608 g/mol. The lowest BCUT2D eigenvalue weighted by Gasteiger charge is -2.43. The summed E-state index contributed by atoms with van der Waals surface area (Å²) in [4.78, 5) is 15.2. The minimum atomic E-state index is -0.544. The van der Waals surface area contributed by atoms with E-state index in [1.807, 2.05) is 91.0 Å². The van der Waals surface area contributed by atoms with Gasteiger partial charge in [-0.1, -0.05) is 67.9 Å². The first-order valence-electron chi connectivity index (χ1n) is 15.8. The maximum absolute atomic E-state index is 12.7. The van der Waals surface area contributed by atoms with Gasteiger partial charge in [0.25, 0.3) is 0 Å². The molecular weight excluding hydrogens is 566 g/mol. The van der Waals surface area contributed by atoms with Crippen molar-refractivity contribution in [2.24, 2.45) is 5.92 Å². The van der Waals surface area contributed by atoms with Crippen LogP contribution < -0.4 is 15.4 Å². The number of aliphatic hydroxyl groups is 1. The summed E-state index contributed by atoms with van der Waals surface area (Å²) in [6.45, 7) is 5.28. The molecule has 0 bridgehead atoms. The summed E-state index contributed by atoms with van der Waals surface area (Å²) in [6.07, 6.45) is 3.04. The van der Waals surface area contributed by atoms with Crippen LogP contribution in [-0.4, -0.2) is 41.8 Å². The largest absolute Gasteiger partial charge is 0.457 e. The van der Waals surface area contributed by atoms with Crippen LogP contribution in [0.5, 0.6) is 11.5 Å². The Bertz CT molecular complexity index is 1510. The van der Waals surface area contributed by atoms with Crippen molar-refractivity contribution >= 4 is 17.4 Å². The molecule has 2 aliphatic heterocycles. The molecule has 0 aliphatic carbocycles. The normalized spacial score (nSPS) is 22.0. The van der Waals surface area contributed by atoms with E-state index in [0.717, 1.165) is 42.1 Å². The van der Waals surface area contributed by atoms with E-state index < -0.39 is 6.29 Å². The predicted molar refractivity (Wildman–Crippen MR) is 175 cm³/mol. The Balaban J connectivity index is 1.09. The lowest BCUT2D eigenvalue weighted by molar-refractivity contribution is -0.276. The molecule has 2 heterocycles. The molecule has 4 aromatic rings. The number of para-hydroxylation sites is 1. The van der Waals surface area contributed by atoms with Gasteiger partial charge in [0.1, 0.15) is 11.5 Å². The highest BCUT2D eigenvalue weighted by Crippen LogP contribution is 2.42. The molecule has 4 aromatic carbocycles. The van der Waals surface area contributed by atoms with E-state index in [9.17, 15) is 9.90 Å². The van der Waals surface area contributed by atoms with Gasteiger partial charge in [0, 0.05) is 29.4 Å². The van der Waals surface area contributed by atoms with Crippen LogP contribution in [0, 0.1) is 5.92 Å². The number of urea groups is 1. The zero-order valence-electron chi connectivity index (χ0n) is 25.6. The Morgan fingerprint density at radius 3 is 2.02 bits per heavy atom. The quantitative estimate of drug-likeness (QED) is 0.179. The van der Waals surface area contributed by atoms with Crippen molar-refractivity contribution in [2.45, 2.75) is 51.3 Å². The van der Waals surface area contributed by atoms with Gasteiger partial charge in [0.2, 0.25) is 0 Å². The van der Waals surface area contributed by atoms with E-state index in [4.69, 9.17) is 14.2 Å². The molecule has 2 aliphatic rings. The Labute approximate surface area is 264 Å². The SMILES string of the molecule is CC1C(CN2CCCCC2)OC(c2ccc(NC(=O)Nc3ccc(Oc4ccccc4)cc3)cc2)OC1c1ccc(CO)cc1. The van der Waals surface area contributed by atoms with Crippen molar-refractivity contribution in [1.82, 2.24) is 4.90 Å². The summed E-state index contributed by atoms with van der Waals surface area (Å²) >= 11 is 0. The second kappa shape index (κ2) is 14.7. The smallest absolute Gasteiger partial charge is 0.323 e. The minimum absolute atomic E-state index is 0.00238. The number of carbonyl (C=O) groups is 1. The number of nitrogens with one attached hydrogen (secondary N) is 2. The fourth-order valence-electron chi connectivity index (χ4n) is 5.97. The van der Waals surface area contributed by atoms with Crippen LogP contribution in [0.3, 0.4) is 0 Å². The van der Waals surface area contributed by atoms with E-state index in [1.165, 1.54) is 19.3 Å². The molecule has 2 saturated heterocycles. The number of anilines is 2. The van der Waals surface area contributed by atoms with Gasteiger partial charge in [0.05, 0.1) is 18.8 Å². The Morgan fingerprint density at radius 1 is 0.778 bits per heavy atom. The number of hydrogen-bond donors (Lipinski definition) is 3. The van der Waals surface area contributed by atoms with Gasteiger partial charge in [-0.05, 0) is 85.6 Å². The van der Waals surface area contributed by atoms with E-state index in [1.54, 1.807) is 12.1 Å². The molecule has 8 heteroatoms. The number of ether oxygens (including phenoxy) is 3. The van der Waals surface area contributed by atoms with Crippen molar-refractivity contribution < 1.29 is 24.1 Å². The third-order valence-electron chi connectivity index (χ3n) is 8.54. The van der Waals surface area contributed by atoms with Crippen LogP contribution in [0.4, 0.5) is 16.2 Å². The van der Waals surface area contributed by atoms with Gasteiger partial charge in [-0.15, -0.1) is 0 Å². The second-order valence-corrected chi connectivity index (χ2v) is 11.8. The number of piperidine rings is 1. The van der Waals surface area contributed by atoms with Crippen LogP contribution in [0.2, 0.25) is 0 Å². The molecule has 234 valence electrons. The molecule has 3 N–H and O–H groups in total. The summed E-state index contributed by atoms with van der Waals surface area (Å²) in [7, 11) is 0. The molecule has 4 atom stereocenters. The Kier molecular flexibility index (Phi) is 10.1. The summed E-state index contributed by atoms with van der Waals surface area (Å²) in [5.41, 5.74) is 4.15. The number of rotatable bonds is 9. The Morgan fingerprint density at radius 2 is 1.38 bits per heavy atom. The van der Waals surface area contributed by atoms with Crippen LogP contribution in [0.1, 0.15) is 55.3 Å². The fourth-order valence-corrected chi connectivity index (χ4v) is 5.97. The summed E-state index contributed by atoms with van der Waals surface area (Å²) < 4.78 is 19.0. The maximum atomic E-state index is 12.7.